The van der Waals surface area contributed by atoms with Crippen LogP contribution in [0.1, 0.15) is 10.4 Å². The summed E-state index contributed by atoms with van der Waals surface area (Å²) in [5.74, 6) is -1.00. The second-order valence-corrected chi connectivity index (χ2v) is 5.78. The fourth-order valence-corrected chi connectivity index (χ4v) is 2.67. The number of carboxylic acids is 1. The Hall–Kier alpha value is -3.18. The summed E-state index contributed by atoms with van der Waals surface area (Å²) < 4.78 is 0. The molecule has 0 saturated carbocycles. The SMILES string of the molecule is O=C(O)c1ccccc1NC(=S)Nc1ccc(-c2ccccc2)cc1. The molecule has 0 fully saturated rings. The van der Waals surface area contributed by atoms with E-state index < -0.39 is 5.97 Å². The molecule has 0 saturated heterocycles. The van der Waals surface area contributed by atoms with Gasteiger partial charge in [-0.1, -0.05) is 54.6 Å². The van der Waals surface area contributed by atoms with Crippen LogP contribution in [0.5, 0.6) is 0 Å². The maximum Gasteiger partial charge on any atom is 0.337 e. The predicted molar refractivity (Wildman–Crippen MR) is 105 cm³/mol. The molecule has 0 aromatic heterocycles. The molecule has 0 aliphatic rings. The van der Waals surface area contributed by atoms with Gasteiger partial charge in [0.25, 0.3) is 0 Å². The molecule has 3 aromatic rings. The smallest absolute Gasteiger partial charge is 0.337 e. The number of nitrogens with one attached hydrogen (secondary N) is 2. The molecule has 0 aliphatic carbocycles. The Labute approximate surface area is 151 Å². The summed E-state index contributed by atoms with van der Waals surface area (Å²) in [6.07, 6.45) is 0. The molecule has 3 N–H and O–H groups in total. The Morgan fingerprint density at radius 2 is 1.36 bits per heavy atom. The maximum atomic E-state index is 11.2. The highest BCUT2D eigenvalue weighted by Crippen LogP contribution is 2.21. The number of thiocarbonyl (C=S) groups is 1. The van der Waals surface area contributed by atoms with E-state index in [2.05, 4.69) is 22.8 Å². The molecule has 4 nitrogen and oxygen atoms in total. The summed E-state index contributed by atoms with van der Waals surface area (Å²) in [5.41, 5.74) is 3.70. The van der Waals surface area contributed by atoms with Crippen LogP contribution in [0.25, 0.3) is 11.1 Å². The molecular formula is C20H16N2O2S. The second kappa shape index (κ2) is 7.59. The van der Waals surface area contributed by atoms with Gasteiger partial charge in [0.15, 0.2) is 5.11 Å². The van der Waals surface area contributed by atoms with Gasteiger partial charge in [0, 0.05) is 5.69 Å². The zero-order valence-corrected chi connectivity index (χ0v) is 14.1. The number of carboxylic acid groups (broad SMARTS) is 1. The number of para-hydroxylation sites is 1. The van der Waals surface area contributed by atoms with Gasteiger partial charge >= 0.3 is 5.97 Å². The van der Waals surface area contributed by atoms with E-state index in [4.69, 9.17) is 12.2 Å². The van der Waals surface area contributed by atoms with Crippen molar-refractivity contribution in [2.24, 2.45) is 0 Å². The fraction of sp³-hybridized carbons (Fsp3) is 0. The minimum Gasteiger partial charge on any atom is -0.478 e. The lowest BCUT2D eigenvalue weighted by Gasteiger charge is -2.13. The molecule has 0 amide bonds. The van der Waals surface area contributed by atoms with Gasteiger partial charge in [-0.05, 0) is 47.6 Å². The van der Waals surface area contributed by atoms with E-state index in [0.717, 1.165) is 16.8 Å². The monoisotopic (exact) mass is 348 g/mol. The predicted octanol–water partition coefficient (Wildman–Crippen LogP) is 4.86. The molecule has 5 heteroatoms. The number of hydrogen-bond acceptors (Lipinski definition) is 2. The van der Waals surface area contributed by atoms with Crippen LogP contribution < -0.4 is 10.6 Å². The zero-order valence-electron chi connectivity index (χ0n) is 13.3. The van der Waals surface area contributed by atoms with Crippen LogP contribution in [0.2, 0.25) is 0 Å². The van der Waals surface area contributed by atoms with Crippen molar-refractivity contribution in [1.29, 1.82) is 0 Å². The third kappa shape index (κ3) is 4.22. The van der Waals surface area contributed by atoms with Crippen molar-refractivity contribution in [2.75, 3.05) is 10.6 Å². The topological polar surface area (TPSA) is 61.4 Å². The van der Waals surface area contributed by atoms with E-state index >= 15 is 0 Å². The van der Waals surface area contributed by atoms with Gasteiger partial charge in [-0.15, -0.1) is 0 Å². The fourth-order valence-electron chi connectivity index (χ4n) is 2.44. The van der Waals surface area contributed by atoms with Gasteiger partial charge in [-0.2, -0.15) is 0 Å². The molecule has 3 rings (SSSR count). The molecule has 0 bridgehead atoms. The first-order valence-electron chi connectivity index (χ1n) is 7.69. The van der Waals surface area contributed by atoms with Crippen LogP contribution in [0.4, 0.5) is 11.4 Å². The standard InChI is InChI=1S/C20H16N2O2S/c23-19(24)17-8-4-5-9-18(17)22-20(25)21-16-12-10-15(11-13-16)14-6-2-1-3-7-14/h1-13H,(H,23,24)(H2,21,22,25). The van der Waals surface area contributed by atoms with Crippen LogP contribution in [-0.2, 0) is 0 Å². The van der Waals surface area contributed by atoms with E-state index in [-0.39, 0.29) is 5.56 Å². The highest BCUT2D eigenvalue weighted by molar-refractivity contribution is 7.80. The number of hydrogen-bond donors (Lipinski definition) is 3. The van der Waals surface area contributed by atoms with Gasteiger partial charge < -0.3 is 15.7 Å². The van der Waals surface area contributed by atoms with E-state index in [1.54, 1.807) is 18.2 Å². The average molecular weight is 348 g/mol. The van der Waals surface area contributed by atoms with Crippen molar-refractivity contribution in [3.63, 3.8) is 0 Å². The molecule has 0 aliphatic heterocycles. The van der Waals surface area contributed by atoms with Gasteiger partial charge in [-0.3, -0.25) is 0 Å². The normalized spacial score (nSPS) is 10.1. The number of benzene rings is 3. The number of carbonyl (C=O) groups is 1. The molecule has 0 radical (unpaired) electrons. The molecule has 25 heavy (non-hydrogen) atoms. The first kappa shape index (κ1) is 16.7. The van der Waals surface area contributed by atoms with Crippen LogP contribution in [0, 0.1) is 0 Å². The van der Waals surface area contributed by atoms with Crippen molar-refractivity contribution >= 4 is 34.7 Å². The van der Waals surface area contributed by atoms with Gasteiger partial charge in [-0.25, -0.2) is 4.79 Å². The molecule has 124 valence electrons. The van der Waals surface area contributed by atoms with Gasteiger partial charge in [0.05, 0.1) is 11.3 Å². The van der Waals surface area contributed by atoms with E-state index in [1.807, 2.05) is 42.5 Å². The van der Waals surface area contributed by atoms with Crippen LogP contribution >= 0.6 is 12.2 Å². The number of aromatic carboxylic acids is 1. The summed E-state index contributed by atoms with van der Waals surface area (Å²) in [6.45, 7) is 0. The zero-order chi connectivity index (χ0) is 17.6. The summed E-state index contributed by atoms with van der Waals surface area (Å²) in [4.78, 5) is 11.2. The van der Waals surface area contributed by atoms with Crippen molar-refractivity contribution in [1.82, 2.24) is 0 Å². The highest BCUT2D eigenvalue weighted by Gasteiger charge is 2.10. The van der Waals surface area contributed by atoms with Gasteiger partial charge in [0.2, 0.25) is 0 Å². The molecule has 0 spiro atoms. The minimum atomic E-state index is -1.00. The maximum absolute atomic E-state index is 11.2. The van der Waals surface area contributed by atoms with E-state index in [0.29, 0.717) is 10.8 Å². The lowest BCUT2D eigenvalue weighted by molar-refractivity contribution is 0.0698. The van der Waals surface area contributed by atoms with Crippen LogP contribution in [0.3, 0.4) is 0 Å². The summed E-state index contributed by atoms with van der Waals surface area (Å²) in [7, 11) is 0. The first-order chi connectivity index (χ1) is 12.1. The van der Waals surface area contributed by atoms with Crippen LogP contribution in [0.15, 0.2) is 78.9 Å². The van der Waals surface area contributed by atoms with Crippen molar-refractivity contribution in [3.05, 3.63) is 84.4 Å². The van der Waals surface area contributed by atoms with Gasteiger partial charge in [0.1, 0.15) is 0 Å². The quantitative estimate of drug-likeness (QED) is 0.588. The first-order valence-corrected chi connectivity index (χ1v) is 8.10. The Kier molecular flexibility index (Phi) is 5.06. The van der Waals surface area contributed by atoms with E-state index in [1.165, 1.54) is 6.07 Å². The molecular weight excluding hydrogens is 332 g/mol. The highest BCUT2D eigenvalue weighted by atomic mass is 32.1. The van der Waals surface area contributed by atoms with Crippen molar-refractivity contribution < 1.29 is 9.90 Å². The average Bonchev–Trinajstić information content (AvgIpc) is 2.63. The molecule has 0 atom stereocenters. The number of rotatable bonds is 4. The lowest BCUT2D eigenvalue weighted by Crippen LogP contribution is -2.20. The molecule has 0 unspecified atom stereocenters. The largest absolute Gasteiger partial charge is 0.478 e. The summed E-state index contributed by atoms with van der Waals surface area (Å²) in [6, 6.07) is 24.6. The van der Waals surface area contributed by atoms with E-state index in [9.17, 15) is 9.90 Å². The third-order valence-corrected chi connectivity index (χ3v) is 3.86. The Balaban J connectivity index is 1.69. The summed E-state index contributed by atoms with van der Waals surface area (Å²) in [5, 5.41) is 15.5. The Morgan fingerprint density at radius 1 is 0.760 bits per heavy atom. The Morgan fingerprint density at radius 3 is 2.04 bits per heavy atom. The molecule has 3 aromatic carbocycles. The lowest BCUT2D eigenvalue weighted by atomic mass is 10.1. The van der Waals surface area contributed by atoms with Crippen LogP contribution in [-0.4, -0.2) is 16.2 Å². The molecule has 0 heterocycles. The van der Waals surface area contributed by atoms with Crippen molar-refractivity contribution in [3.8, 4) is 11.1 Å². The third-order valence-electron chi connectivity index (χ3n) is 3.66. The Bertz CT molecular complexity index is 893. The number of anilines is 2. The minimum absolute atomic E-state index is 0.172. The summed E-state index contributed by atoms with van der Waals surface area (Å²) >= 11 is 5.28. The van der Waals surface area contributed by atoms with Crippen molar-refractivity contribution in [2.45, 2.75) is 0 Å². The second-order valence-electron chi connectivity index (χ2n) is 5.37.